The van der Waals surface area contributed by atoms with Crippen molar-refractivity contribution in [2.75, 3.05) is 18.0 Å². The average molecular weight is 484 g/mol. The summed E-state index contributed by atoms with van der Waals surface area (Å²) in [5.41, 5.74) is 7.81. The normalized spacial score (nSPS) is 16.4. The number of aryl methyl sites for hydroxylation is 2. The minimum Gasteiger partial charge on any atom is -0.341 e. The SMILES string of the molecule is CCn1c(N2CCCC(N)C2)nc2c1c(=O)n(Cc1nc3ccccc3c3ccccc13)c(=O)n2C. The second-order valence-electron chi connectivity index (χ2n) is 9.53. The number of nitrogens with two attached hydrogens (primary N) is 1. The Kier molecular flexibility index (Phi) is 5.37. The third kappa shape index (κ3) is 3.42. The number of piperidine rings is 1. The first-order chi connectivity index (χ1) is 17.5. The fourth-order valence-corrected chi connectivity index (χ4v) is 5.48. The summed E-state index contributed by atoms with van der Waals surface area (Å²) in [6, 6.07) is 16.0. The van der Waals surface area contributed by atoms with Crippen molar-refractivity contribution in [2.24, 2.45) is 12.8 Å². The van der Waals surface area contributed by atoms with Crippen LogP contribution in [-0.2, 0) is 20.1 Å². The first-order valence-electron chi connectivity index (χ1n) is 12.4. The maximum Gasteiger partial charge on any atom is 0.332 e. The third-order valence-corrected chi connectivity index (χ3v) is 7.26. The largest absolute Gasteiger partial charge is 0.341 e. The number of aromatic nitrogens is 5. The summed E-state index contributed by atoms with van der Waals surface area (Å²) in [6.45, 7) is 4.13. The molecule has 0 bridgehead atoms. The average Bonchev–Trinajstić information content (AvgIpc) is 3.30. The van der Waals surface area contributed by atoms with Gasteiger partial charge in [0.25, 0.3) is 5.56 Å². The molecule has 1 atom stereocenters. The molecule has 1 aliphatic heterocycles. The Bertz CT molecular complexity index is 1750. The molecule has 2 aromatic carbocycles. The molecular formula is C27H29N7O2. The lowest BCUT2D eigenvalue weighted by molar-refractivity contribution is 0.494. The fourth-order valence-electron chi connectivity index (χ4n) is 5.48. The van der Waals surface area contributed by atoms with Crippen LogP contribution in [0.15, 0.2) is 58.1 Å². The van der Waals surface area contributed by atoms with Gasteiger partial charge in [0.15, 0.2) is 11.2 Å². The first-order valence-corrected chi connectivity index (χ1v) is 12.4. The Morgan fingerprint density at radius 3 is 2.44 bits per heavy atom. The van der Waals surface area contributed by atoms with E-state index >= 15 is 0 Å². The highest BCUT2D eigenvalue weighted by Crippen LogP contribution is 2.27. The highest BCUT2D eigenvalue weighted by atomic mass is 16.2. The predicted molar refractivity (Wildman–Crippen MR) is 143 cm³/mol. The van der Waals surface area contributed by atoms with Crippen LogP contribution in [0.4, 0.5) is 5.95 Å². The lowest BCUT2D eigenvalue weighted by Crippen LogP contribution is -2.44. The Morgan fingerprint density at radius 1 is 0.972 bits per heavy atom. The van der Waals surface area contributed by atoms with Crippen molar-refractivity contribution in [3.8, 4) is 0 Å². The Hall–Kier alpha value is -3.98. The molecule has 6 rings (SSSR count). The zero-order chi connectivity index (χ0) is 25.0. The molecule has 0 aliphatic carbocycles. The Balaban J connectivity index is 1.56. The number of para-hydroxylation sites is 1. The second kappa shape index (κ2) is 8.60. The van der Waals surface area contributed by atoms with Crippen LogP contribution >= 0.6 is 0 Å². The lowest BCUT2D eigenvalue weighted by atomic mass is 10.0. The summed E-state index contributed by atoms with van der Waals surface area (Å²) in [5.74, 6) is 0.696. The summed E-state index contributed by atoms with van der Waals surface area (Å²) in [7, 11) is 1.67. The zero-order valence-electron chi connectivity index (χ0n) is 20.5. The monoisotopic (exact) mass is 483 g/mol. The standard InChI is InChI=1S/C27H29N7O2/c1-3-33-23-24(30-26(33)32-14-8-9-17(28)15-32)31(2)27(36)34(25(23)35)16-22-20-12-5-4-10-18(20)19-11-6-7-13-21(19)29-22/h4-7,10-13,17H,3,8-9,14-16,28H2,1-2H3. The van der Waals surface area contributed by atoms with Gasteiger partial charge in [-0.25, -0.2) is 4.79 Å². The summed E-state index contributed by atoms with van der Waals surface area (Å²) < 4.78 is 4.67. The number of anilines is 1. The van der Waals surface area contributed by atoms with Gasteiger partial charge in [-0.3, -0.25) is 18.9 Å². The predicted octanol–water partition coefficient (Wildman–Crippen LogP) is 2.59. The van der Waals surface area contributed by atoms with Crippen LogP contribution in [0.3, 0.4) is 0 Å². The van der Waals surface area contributed by atoms with Crippen LogP contribution in [0, 0.1) is 0 Å². The maximum absolute atomic E-state index is 13.9. The number of fused-ring (bicyclic) bond motifs is 4. The smallest absolute Gasteiger partial charge is 0.332 e. The number of hydrogen-bond donors (Lipinski definition) is 1. The molecule has 0 spiro atoms. The quantitative estimate of drug-likeness (QED) is 0.394. The molecule has 1 aliphatic rings. The van der Waals surface area contributed by atoms with Crippen molar-refractivity contribution in [1.82, 2.24) is 23.7 Å². The summed E-state index contributed by atoms with van der Waals surface area (Å²) >= 11 is 0. The molecule has 2 N–H and O–H groups in total. The molecule has 0 saturated carbocycles. The number of pyridine rings is 1. The number of imidazole rings is 1. The van der Waals surface area contributed by atoms with Gasteiger partial charge < -0.3 is 15.2 Å². The van der Waals surface area contributed by atoms with Crippen molar-refractivity contribution in [1.29, 1.82) is 0 Å². The van der Waals surface area contributed by atoms with E-state index in [1.165, 1.54) is 9.13 Å². The van der Waals surface area contributed by atoms with Crippen LogP contribution < -0.4 is 21.9 Å². The highest BCUT2D eigenvalue weighted by molar-refractivity contribution is 6.06. The van der Waals surface area contributed by atoms with E-state index in [1.807, 2.05) is 54.0 Å². The second-order valence-corrected chi connectivity index (χ2v) is 9.53. The maximum atomic E-state index is 13.9. The van der Waals surface area contributed by atoms with Crippen molar-refractivity contribution >= 4 is 38.8 Å². The Labute approximate surface area is 207 Å². The molecule has 9 heteroatoms. The summed E-state index contributed by atoms with van der Waals surface area (Å²) in [5, 5.41) is 3.02. The van der Waals surface area contributed by atoms with E-state index in [9.17, 15) is 9.59 Å². The van der Waals surface area contributed by atoms with Gasteiger partial charge in [0.1, 0.15) is 0 Å². The molecule has 1 saturated heterocycles. The molecule has 1 fully saturated rings. The molecule has 36 heavy (non-hydrogen) atoms. The Morgan fingerprint density at radius 2 is 1.69 bits per heavy atom. The summed E-state index contributed by atoms with van der Waals surface area (Å²) in [4.78, 5) is 39.1. The number of nitrogens with zero attached hydrogens (tertiary/aromatic N) is 6. The number of hydrogen-bond acceptors (Lipinski definition) is 6. The van der Waals surface area contributed by atoms with Gasteiger partial charge in [0.05, 0.1) is 17.8 Å². The summed E-state index contributed by atoms with van der Waals surface area (Å²) in [6.07, 6.45) is 1.94. The topological polar surface area (TPSA) is 104 Å². The molecular weight excluding hydrogens is 454 g/mol. The van der Waals surface area contributed by atoms with Crippen LogP contribution in [-0.4, -0.2) is 42.8 Å². The minimum absolute atomic E-state index is 0.0663. The van der Waals surface area contributed by atoms with Crippen LogP contribution in [0.25, 0.3) is 32.8 Å². The molecule has 9 nitrogen and oxygen atoms in total. The van der Waals surface area contributed by atoms with E-state index in [-0.39, 0.29) is 18.1 Å². The molecule has 184 valence electrons. The van der Waals surface area contributed by atoms with Crippen molar-refractivity contribution in [2.45, 2.75) is 38.9 Å². The van der Waals surface area contributed by atoms with Gasteiger partial charge in [-0.05, 0) is 31.2 Å². The third-order valence-electron chi connectivity index (χ3n) is 7.26. The van der Waals surface area contributed by atoms with E-state index in [0.29, 0.717) is 35.9 Å². The lowest BCUT2D eigenvalue weighted by Gasteiger charge is -2.31. The van der Waals surface area contributed by atoms with Gasteiger partial charge >= 0.3 is 5.69 Å². The van der Waals surface area contributed by atoms with E-state index in [0.717, 1.165) is 41.1 Å². The van der Waals surface area contributed by atoms with Crippen LogP contribution in [0.1, 0.15) is 25.5 Å². The van der Waals surface area contributed by atoms with Crippen LogP contribution in [0.2, 0.25) is 0 Å². The van der Waals surface area contributed by atoms with E-state index in [4.69, 9.17) is 15.7 Å². The molecule has 0 radical (unpaired) electrons. The van der Waals surface area contributed by atoms with E-state index in [2.05, 4.69) is 11.0 Å². The van der Waals surface area contributed by atoms with Crippen molar-refractivity contribution < 1.29 is 0 Å². The molecule has 3 aromatic heterocycles. The van der Waals surface area contributed by atoms with Gasteiger partial charge in [0.2, 0.25) is 5.95 Å². The van der Waals surface area contributed by atoms with Crippen molar-refractivity contribution in [3.63, 3.8) is 0 Å². The van der Waals surface area contributed by atoms with Crippen LogP contribution in [0.5, 0.6) is 0 Å². The number of rotatable bonds is 4. The molecule has 1 unspecified atom stereocenters. The van der Waals surface area contributed by atoms with Crippen molar-refractivity contribution in [3.05, 3.63) is 75.1 Å². The molecule has 0 amide bonds. The van der Waals surface area contributed by atoms with Gasteiger partial charge in [0, 0.05) is 43.5 Å². The number of benzene rings is 2. The zero-order valence-corrected chi connectivity index (χ0v) is 20.5. The minimum atomic E-state index is -0.408. The van der Waals surface area contributed by atoms with Gasteiger partial charge in [-0.2, -0.15) is 4.98 Å². The molecule has 4 heterocycles. The fraction of sp³-hybridized carbons (Fsp3) is 0.333. The van der Waals surface area contributed by atoms with Gasteiger partial charge in [-0.1, -0.05) is 42.5 Å². The first kappa shape index (κ1) is 22.5. The molecule has 5 aromatic rings. The highest BCUT2D eigenvalue weighted by Gasteiger charge is 2.26. The van der Waals surface area contributed by atoms with Gasteiger partial charge in [-0.15, -0.1) is 0 Å². The van der Waals surface area contributed by atoms with E-state index in [1.54, 1.807) is 7.05 Å². The van der Waals surface area contributed by atoms with E-state index < -0.39 is 5.69 Å².